The number of pyridine rings is 1. The van der Waals surface area contributed by atoms with E-state index in [1.807, 2.05) is 6.92 Å². The highest BCUT2D eigenvalue weighted by atomic mass is 127. The van der Waals surface area contributed by atoms with E-state index >= 15 is 0 Å². The van der Waals surface area contributed by atoms with Crippen molar-refractivity contribution in [3.05, 3.63) is 16.0 Å². The van der Waals surface area contributed by atoms with E-state index in [-0.39, 0.29) is 12.1 Å². The first-order valence-corrected chi connectivity index (χ1v) is 9.06. The predicted molar refractivity (Wildman–Crippen MR) is 99.5 cm³/mol. The van der Waals surface area contributed by atoms with E-state index in [2.05, 4.69) is 42.9 Å². The van der Waals surface area contributed by atoms with Crippen molar-refractivity contribution in [1.82, 2.24) is 15.0 Å². The fourth-order valence-electron chi connectivity index (χ4n) is 2.59. The van der Waals surface area contributed by atoms with Gasteiger partial charge >= 0.3 is 0 Å². The zero-order valence-electron chi connectivity index (χ0n) is 13.8. The van der Waals surface area contributed by atoms with E-state index < -0.39 is 0 Å². The molecule has 1 N–H and O–H groups in total. The molecule has 0 saturated carbocycles. The number of rotatable bonds is 6. The lowest BCUT2D eigenvalue weighted by molar-refractivity contribution is 0.0244. The van der Waals surface area contributed by atoms with Crippen LogP contribution in [-0.2, 0) is 9.47 Å². The van der Waals surface area contributed by atoms with E-state index in [9.17, 15) is 0 Å². The molecule has 0 amide bonds. The SMILES string of the molecule is COCC(C)Nc1ncc2c(OC3CCOCC3)ncc(I)c2n1. The van der Waals surface area contributed by atoms with E-state index in [1.54, 1.807) is 19.5 Å². The molecule has 8 heteroatoms. The minimum Gasteiger partial charge on any atom is -0.474 e. The normalized spacial score (nSPS) is 17.0. The third-order valence-electron chi connectivity index (χ3n) is 3.78. The Labute approximate surface area is 154 Å². The van der Waals surface area contributed by atoms with Crippen LogP contribution in [0.25, 0.3) is 10.9 Å². The third kappa shape index (κ3) is 4.22. The van der Waals surface area contributed by atoms with Crippen LogP contribution < -0.4 is 10.1 Å². The Morgan fingerprint density at radius 3 is 2.88 bits per heavy atom. The summed E-state index contributed by atoms with van der Waals surface area (Å²) in [6, 6.07) is 0.130. The molecule has 2 aromatic rings. The van der Waals surface area contributed by atoms with Crippen LogP contribution >= 0.6 is 22.6 Å². The van der Waals surface area contributed by atoms with Gasteiger partial charge in [-0.1, -0.05) is 0 Å². The molecule has 3 heterocycles. The number of aromatic nitrogens is 3. The quantitative estimate of drug-likeness (QED) is 0.687. The van der Waals surface area contributed by atoms with Crippen molar-refractivity contribution in [2.24, 2.45) is 0 Å². The van der Waals surface area contributed by atoms with Gasteiger partial charge in [-0.2, -0.15) is 0 Å². The molecule has 0 aliphatic carbocycles. The molecular weight excluding hydrogens is 423 g/mol. The van der Waals surface area contributed by atoms with Crippen molar-refractivity contribution in [2.75, 3.05) is 32.2 Å². The minimum absolute atomic E-state index is 0.130. The second kappa shape index (κ2) is 8.21. The Morgan fingerprint density at radius 2 is 2.12 bits per heavy atom. The Morgan fingerprint density at radius 1 is 1.33 bits per heavy atom. The van der Waals surface area contributed by atoms with Crippen molar-refractivity contribution >= 4 is 39.4 Å². The second-order valence-corrected chi connectivity index (χ2v) is 6.96. The van der Waals surface area contributed by atoms with Crippen LogP contribution in [-0.4, -0.2) is 54.0 Å². The molecule has 2 aromatic heterocycles. The molecule has 0 aromatic carbocycles. The maximum absolute atomic E-state index is 6.07. The Kier molecular flexibility index (Phi) is 6.01. The monoisotopic (exact) mass is 444 g/mol. The molecule has 0 spiro atoms. The highest BCUT2D eigenvalue weighted by Crippen LogP contribution is 2.28. The second-order valence-electron chi connectivity index (χ2n) is 5.80. The number of halogens is 1. The molecular formula is C16H21IN4O3. The minimum atomic E-state index is 0.130. The summed E-state index contributed by atoms with van der Waals surface area (Å²) in [4.78, 5) is 13.4. The summed E-state index contributed by atoms with van der Waals surface area (Å²) in [6.07, 6.45) is 5.45. The van der Waals surface area contributed by atoms with Crippen LogP contribution in [0.1, 0.15) is 19.8 Å². The Hall–Kier alpha value is -1.26. The van der Waals surface area contributed by atoms with Gasteiger partial charge in [-0.3, -0.25) is 0 Å². The summed E-state index contributed by atoms with van der Waals surface area (Å²) in [5.74, 6) is 1.17. The lowest BCUT2D eigenvalue weighted by atomic mass is 10.1. The van der Waals surface area contributed by atoms with Crippen LogP contribution in [0.4, 0.5) is 5.95 Å². The van der Waals surface area contributed by atoms with Gasteiger partial charge in [0.1, 0.15) is 6.10 Å². The lowest BCUT2D eigenvalue weighted by Gasteiger charge is -2.23. The van der Waals surface area contributed by atoms with Gasteiger partial charge < -0.3 is 19.5 Å². The number of hydrogen-bond donors (Lipinski definition) is 1. The summed E-state index contributed by atoms with van der Waals surface area (Å²) in [7, 11) is 1.67. The van der Waals surface area contributed by atoms with Crippen LogP contribution in [0.3, 0.4) is 0 Å². The van der Waals surface area contributed by atoms with E-state index in [1.165, 1.54) is 0 Å². The molecule has 7 nitrogen and oxygen atoms in total. The summed E-state index contributed by atoms with van der Waals surface area (Å²) < 4.78 is 17.5. The zero-order chi connectivity index (χ0) is 16.9. The molecule has 1 aliphatic heterocycles. The van der Waals surface area contributed by atoms with E-state index in [0.717, 1.165) is 40.5 Å². The van der Waals surface area contributed by atoms with Gasteiger partial charge in [-0.25, -0.2) is 15.0 Å². The van der Waals surface area contributed by atoms with Crippen LogP contribution in [0.2, 0.25) is 0 Å². The number of nitrogens with zero attached hydrogens (tertiary/aromatic N) is 3. The predicted octanol–water partition coefficient (Wildman–Crippen LogP) is 2.63. The summed E-state index contributed by atoms with van der Waals surface area (Å²) in [5.41, 5.74) is 0.842. The number of methoxy groups -OCH3 is 1. The van der Waals surface area contributed by atoms with Crippen molar-refractivity contribution in [2.45, 2.75) is 31.9 Å². The lowest BCUT2D eigenvalue weighted by Crippen LogP contribution is -2.26. The van der Waals surface area contributed by atoms with E-state index in [4.69, 9.17) is 14.2 Å². The molecule has 1 saturated heterocycles. The average molecular weight is 444 g/mol. The largest absolute Gasteiger partial charge is 0.474 e. The summed E-state index contributed by atoms with van der Waals surface area (Å²) in [6.45, 7) is 4.07. The standard InChI is InChI=1S/C16H21IN4O3/c1-10(9-22-2)20-16-19-7-12-14(21-16)13(17)8-18-15(12)24-11-3-5-23-6-4-11/h7-8,10-11H,3-6,9H2,1-2H3,(H,19,20,21). The molecule has 1 aliphatic rings. The number of anilines is 1. The molecule has 24 heavy (non-hydrogen) atoms. The molecule has 0 bridgehead atoms. The van der Waals surface area contributed by atoms with Crippen LogP contribution in [0, 0.1) is 3.57 Å². The fraction of sp³-hybridized carbons (Fsp3) is 0.562. The number of nitrogens with one attached hydrogen (secondary N) is 1. The first-order chi connectivity index (χ1) is 11.7. The van der Waals surface area contributed by atoms with Crippen LogP contribution in [0.5, 0.6) is 5.88 Å². The van der Waals surface area contributed by atoms with Crippen LogP contribution in [0.15, 0.2) is 12.4 Å². The first-order valence-electron chi connectivity index (χ1n) is 7.98. The van der Waals surface area contributed by atoms with Gasteiger partial charge in [0.25, 0.3) is 0 Å². The highest BCUT2D eigenvalue weighted by molar-refractivity contribution is 14.1. The summed E-state index contributed by atoms with van der Waals surface area (Å²) in [5, 5.41) is 4.07. The fourth-order valence-corrected chi connectivity index (χ4v) is 3.14. The molecule has 1 fully saturated rings. The number of ether oxygens (including phenoxy) is 3. The van der Waals surface area contributed by atoms with Crippen molar-refractivity contribution in [3.8, 4) is 5.88 Å². The van der Waals surface area contributed by atoms with Gasteiger partial charge in [0.2, 0.25) is 11.8 Å². The molecule has 0 radical (unpaired) electrons. The molecule has 1 unspecified atom stereocenters. The van der Waals surface area contributed by atoms with E-state index in [0.29, 0.717) is 18.4 Å². The third-order valence-corrected chi connectivity index (χ3v) is 4.57. The van der Waals surface area contributed by atoms with Gasteiger partial charge in [0.05, 0.1) is 34.3 Å². The summed E-state index contributed by atoms with van der Waals surface area (Å²) >= 11 is 2.23. The van der Waals surface area contributed by atoms with Gasteiger partial charge in [-0.05, 0) is 29.5 Å². The van der Waals surface area contributed by atoms with Crippen molar-refractivity contribution < 1.29 is 14.2 Å². The van der Waals surface area contributed by atoms with Crippen molar-refractivity contribution in [3.63, 3.8) is 0 Å². The highest BCUT2D eigenvalue weighted by Gasteiger charge is 2.19. The maximum atomic E-state index is 6.07. The van der Waals surface area contributed by atoms with Gasteiger partial charge in [0.15, 0.2) is 0 Å². The Bertz CT molecular complexity index is 694. The van der Waals surface area contributed by atoms with Crippen molar-refractivity contribution in [1.29, 1.82) is 0 Å². The smallest absolute Gasteiger partial charge is 0.224 e. The molecule has 3 rings (SSSR count). The maximum Gasteiger partial charge on any atom is 0.224 e. The van der Waals surface area contributed by atoms with Gasteiger partial charge in [-0.15, -0.1) is 0 Å². The van der Waals surface area contributed by atoms with Gasteiger partial charge in [0, 0.05) is 38.4 Å². The topological polar surface area (TPSA) is 78.4 Å². The first kappa shape index (κ1) is 17.6. The zero-order valence-corrected chi connectivity index (χ0v) is 15.9. The number of hydrogen-bond acceptors (Lipinski definition) is 7. The molecule has 130 valence electrons. The molecule has 1 atom stereocenters. The average Bonchev–Trinajstić information content (AvgIpc) is 2.59. The Balaban J connectivity index is 1.85. The number of fused-ring (bicyclic) bond motifs is 1.